The van der Waals surface area contributed by atoms with Crippen molar-refractivity contribution in [2.75, 3.05) is 4.90 Å². The van der Waals surface area contributed by atoms with Gasteiger partial charge in [0.2, 0.25) is 0 Å². The van der Waals surface area contributed by atoms with Crippen molar-refractivity contribution in [2.45, 2.75) is 0 Å². The molecule has 9 aromatic carbocycles. The molecule has 10 aromatic rings. The van der Waals surface area contributed by atoms with Gasteiger partial charge in [0, 0.05) is 27.8 Å². The van der Waals surface area contributed by atoms with Crippen molar-refractivity contribution in [2.24, 2.45) is 0 Å². The van der Waals surface area contributed by atoms with Crippen LogP contribution in [-0.4, -0.2) is 0 Å². The molecular weight excluding hydrogens is 607 g/mol. The Labute approximate surface area is 290 Å². The van der Waals surface area contributed by atoms with E-state index in [2.05, 4.69) is 181 Å². The molecule has 2 nitrogen and oxygen atoms in total. The lowest BCUT2D eigenvalue weighted by atomic mass is 9.92. The van der Waals surface area contributed by atoms with Gasteiger partial charge in [-0.1, -0.05) is 133 Å². The van der Waals surface area contributed by atoms with Gasteiger partial charge in [0.1, 0.15) is 11.2 Å². The number of furan rings is 1. The van der Waals surface area contributed by atoms with Crippen molar-refractivity contribution in [3.05, 3.63) is 188 Å². The highest BCUT2D eigenvalue weighted by atomic mass is 16.3. The van der Waals surface area contributed by atoms with Gasteiger partial charge in [-0.15, -0.1) is 0 Å². The van der Waals surface area contributed by atoms with Crippen molar-refractivity contribution in [1.29, 1.82) is 0 Å². The monoisotopic (exact) mass is 637 g/mol. The first kappa shape index (κ1) is 28.4. The maximum absolute atomic E-state index is 6.13. The number of para-hydroxylation sites is 2. The summed E-state index contributed by atoms with van der Waals surface area (Å²) in [5, 5.41) is 10.0. The molecule has 10 rings (SSSR count). The minimum Gasteiger partial charge on any atom is -0.456 e. The summed E-state index contributed by atoms with van der Waals surface area (Å²) in [5.74, 6) is 0. The zero-order chi connectivity index (χ0) is 33.0. The van der Waals surface area contributed by atoms with Gasteiger partial charge in [0.15, 0.2) is 0 Å². The molecule has 0 saturated carbocycles. The predicted molar refractivity (Wildman–Crippen MR) is 212 cm³/mol. The Morgan fingerprint density at radius 3 is 1.36 bits per heavy atom. The third-order valence-corrected chi connectivity index (χ3v) is 10.1. The fourth-order valence-corrected chi connectivity index (χ4v) is 7.62. The summed E-state index contributed by atoms with van der Waals surface area (Å²) in [4.78, 5) is 2.31. The minimum atomic E-state index is 0.896. The molecule has 0 radical (unpaired) electrons. The van der Waals surface area contributed by atoms with Crippen LogP contribution in [0.1, 0.15) is 0 Å². The van der Waals surface area contributed by atoms with Crippen molar-refractivity contribution >= 4 is 71.3 Å². The van der Waals surface area contributed by atoms with E-state index >= 15 is 0 Å². The van der Waals surface area contributed by atoms with E-state index in [1.807, 2.05) is 12.1 Å². The summed E-state index contributed by atoms with van der Waals surface area (Å²) in [7, 11) is 0. The largest absolute Gasteiger partial charge is 0.456 e. The molecule has 0 aliphatic heterocycles. The average molecular weight is 638 g/mol. The van der Waals surface area contributed by atoms with E-state index in [4.69, 9.17) is 4.42 Å². The van der Waals surface area contributed by atoms with E-state index in [1.165, 1.54) is 54.6 Å². The lowest BCUT2D eigenvalue weighted by Gasteiger charge is -2.25. The van der Waals surface area contributed by atoms with E-state index < -0.39 is 0 Å². The Hall–Kier alpha value is -6.64. The minimum absolute atomic E-state index is 0.896. The van der Waals surface area contributed by atoms with Crippen LogP contribution >= 0.6 is 0 Å². The first-order chi connectivity index (χ1) is 24.8. The summed E-state index contributed by atoms with van der Waals surface area (Å²) in [6, 6.07) is 67.5. The van der Waals surface area contributed by atoms with Crippen molar-refractivity contribution < 1.29 is 4.42 Å². The normalized spacial score (nSPS) is 11.6. The summed E-state index contributed by atoms with van der Waals surface area (Å²) in [6.07, 6.45) is 0. The van der Waals surface area contributed by atoms with E-state index in [9.17, 15) is 0 Å². The number of hydrogen-bond acceptors (Lipinski definition) is 2. The van der Waals surface area contributed by atoms with Crippen LogP contribution in [0.5, 0.6) is 0 Å². The number of benzene rings is 9. The summed E-state index contributed by atoms with van der Waals surface area (Å²) in [5.41, 5.74) is 9.89. The molecular formula is C48H31NO. The highest BCUT2D eigenvalue weighted by molar-refractivity contribution is 6.25. The van der Waals surface area contributed by atoms with Crippen molar-refractivity contribution in [3.8, 4) is 22.3 Å². The van der Waals surface area contributed by atoms with Gasteiger partial charge in [0.05, 0.1) is 0 Å². The molecule has 234 valence electrons. The quantitative estimate of drug-likeness (QED) is 0.175. The Morgan fingerprint density at radius 2 is 0.700 bits per heavy atom. The topological polar surface area (TPSA) is 16.4 Å². The highest BCUT2D eigenvalue weighted by Crippen LogP contribution is 2.40. The second-order valence-corrected chi connectivity index (χ2v) is 12.9. The van der Waals surface area contributed by atoms with E-state index in [1.54, 1.807) is 0 Å². The zero-order valence-corrected chi connectivity index (χ0v) is 27.3. The van der Waals surface area contributed by atoms with Crippen LogP contribution < -0.4 is 4.90 Å². The fraction of sp³-hybridized carbons (Fsp3) is 0. The molecule has 0 amide bonds. The second kappa shape index (κ2) is 11.5. The number of fused-ring (bicyclic) bond motifs is 9. The number of anilines is 3. The number of nitrogens with zero attached hydrogens (tertiary/aromatic N) is 1. The van der Waals surface area contributed by atoms with Gasteiger partial charge in [-0.2, -0.15) is 0 Å². The molecule has 0 spiro atoms. The van der Waals surface area contributed by atoms with Crippen molar-refractivity contribution in [3.63, 3.8) is 0 Å². The lowest BCUT2D eigenvalue weighted by molar-refractivity contribution is 0.669. The molecule has 0 atom stereocenters. The van der Waals surface area contributed by atoms with Crippen LogP contribution in [0, 0.1) is 0 Å². The summed E-state index contributed by atoms with van der Waals surface area (Å²) in [6.45, 7) is 0. The van der Waals surface area contributed by atoms with Crippen LogP contribution in [0.2, 0.25) is 0 Å². The Balaban J connectivity index is 0.997. The summed E-state index contributed by atoms with van der Waals surface area (Å²) < 4.78 is 6.13. The van der Waals surface area contributed by atoms with Crippen LogP contribution in [-0.2, 0) is 0 Å². The molecule has 0 aliphatic carbocycles. The molecule has 0 N–H and O–H groups in total. The molecule has 2 heteroatoms. The van der Waals surface area contributed by atoms with Gasteiger partial charge in [-0.25, -0.2) is 0 Å². The SMILES string of the molecule is c1ccc(N(c2ccc(-c3ccc(-c4ccc5c6ccccc6c6ccccc6c5c4)cc3)cc2)c2ccc3oc4ccccc4c3c2)cc1. The molecule has 1 heterocycles. The van der Waals surface area contributed by atoms with E-state index in [-0.39, 0.29) is 0 Å². The smallest absolute Gasteiger partial charge is 0.135 e. The molecule has 0 aliphatic rings. The Kier molecular flexibility index (Phi) is 6.53. The zero-order valence-electron chi connectivity index (χ0n) is 27.3. The molecule has 0 bridgehead atoms. The number of rotatable bonds is 5. The predicted octanol–water partition coefficient (Wildman–Crippen LogP) is 13.8. The third-order valence-electron chi connectivity index (χ3n) is 10.1. The number of hydrogen-bond donors (Lipinski definition) is 0. The second-order valence-electron chi connectivity index (χ2n) is 12.9. The van der Waals surface area contributed by atoms with Gasteiger partial charge in [0.25, 0.3) is 0 Å². The van der Waals surface area contributed by atoms with Gasteiger partial charge in [-0.3, -0.25) is 0 Å². The maximum atomic E-state index is 6.13. The van der Waals surface area contributed by atoms with Crippen molar-refractivity contribution in [1.82, 2.24) is 0 Å². The van der Waals surface area contributed by atoms with Crippen LogP contribution in [0.4, 0.5) is 17.1 Å². The molecule has 0 fully saturated rings. The standard InChI is InChI=1S/C48H31NO/c1-2-10-36(11-3-1)49(38-27-29-48-46(31-38)44-16-8-9-17-47(44)50-48)37-25-22-33(23-26-37)32-18-20-34(21-19-32)35-24-28-43-41-14-5-4-12-39(41)40-13-6-7-15-42(40)45(43)30-35/h1-31H. The Bertz CT molecular complexity index is 2810. The lowest BCUT2D eigenvalue weighted by Crippen LogP contribution is -2.09. The average Bonchev–Trinajstić information content (AvgIpc) is 3.57. The first-order valence-electron chi connectivity index (χ1n) is 17.1. The fourth-order valence-electron chi connectivity index (χ4n) is 7.62. The van der Waals surface area contributed by atoms with Gasteiger partial charge < -0.3 is 9.32 Å². The Morgan fingerprint density at radius 1 is 0.260 bits per heavy atom. The summed E-state index contributed by atoms with van der Waals surface area (Å²) >= 11 is 0. The van der Waals surface area contributed by atoms with Crippen LogP contribution in [0.25, 0.3) is 76.5 Å². The maximum Gasteiger partial charge on any atom is 0.135 e. The first-order valence-corrected chi connectivity index (χ1v) is 17.1. The van der Waals surface area contributed by atoms with Crippen LogP contribution in [0.15, 0.2) is 192 Å². The van der Waals surface area contributed by atoms with Gasteiger partial charge in [-0.05, 0) is 109 Å². The highest BCUT2D eigenvalue weighted by Gasteiger charge is 2.16. The molecule has 50 heavy (non-hydrogen) atoms. The molecule has 0 unspecified atom stereocenters. The van der Waals surface area contributed by atoms with E-state index in [0.717, 1.165) is 39.0 Å². The third kappa shape index (κ3) is 4.65. The van der Waals surface area contributed by atoms with E-state index in [0.29, 0.717) is 0 Å². The molecule has 0 saturated heterocycles. The van der Waals surface area contributed by atoms with Crippen LogP contribution in [0.3, 0.4) is 0 Å². The molecule has 1 aromatic heterocycles. The van der Waals surface area contributed by atoms with Gasteiger partial charge >= 0.3 is 0 Å².